The Kier molecular flexibility index (Phi) is 10.5. The van der Waals surface area contributed by atoms with Crippen molar-refractivity contribution >= 4 is 18.1 Å². The lowest BCUT2D eigenvalue weighted by atomic mass is 10.2. The van der Waals surface area contributed by atoms with Gasteiger partial charge >= 0.3 is 12.2 Å². The number of nitrogens with zero attached hydrogens (tertiary/aromatic N) is 1. The molecule has 8 heteroatoms. The first-order valence-corrected chi connectivity index (χ1v) is 9.19. The molecule has 0 rings (SSSR count). The fourth-order valence-corrected chi connectivity index (χ4v) is 2.01. The number of hydrogen-bond acceptors (Lipinski definition) is 5. The van der Waals surface area contributed by atoms with Gasteiger partial charge in [-0.3, -0.25) is 4.79 Å². The lowest BCUT2D eigenvalue weighted by Crippen LogP contribution is -2.37. The molecule has 0 aliphatic carbocycles. The second-order valence-corrected chi connectivity index (χ2v) is 8.09. The highest BCUT2D eigenvalue weighted by Gasteiger charge is 2.17. The van der Waals surface area contributed by atoms with Gasteiger partial charge in [0.1, 0.15) is 11.2 Å². The van der Waals surface area contributed by atoms with Crippen LogP contribution in [0.25, 0.3) is 0 Å². The van der Waals surface area contributed by atoms with Crippen LogP contribution in [0.4, 0.5) is 9.59 Å². The number of carbonyl (C=O) groups is 3. The van der Waals surface area contributed by atoms with Gasteiger partial charge in [-0.05, 0) is 60.5 Å². The minimum Gasteiger partial charge on any atom is -0.444 e. The summed E-state index contributed by atoms with van der Waals surface area (Å²) in [6.07, 6.45) is 1.45. The molecule has 8 nitrogen and oxygen atoms in total. The third-order valence-electron chi connectivity index (χ3n) is 3.03. The summed E-state index contributed by atoms with van der Waals surface area (Å²) in [5, 5.41) is 5.31. The summed E-state index contributed by atoms with van der Waals surface area (Å²) < 4.78 is 10.3. The van der Waals surface area contributed by atoms with Crippen molar-refractivity contribution in [3.63, 3.8) is 0 Å². The number of ether oxygens (including phenoxy) is 2. The lowest BCUT2D eigenvalue weighted by Gasteiger charge is -2.23. The van der Waals surface area contributed by atoms with Gasteiger partial charge in [-0.2, -0.15) is 0 Å². The van der Waals surface area contributed by atoms with Gasteiger partial charge < -0.3 is 25.0 Å². The van der Waals surface area contributed by atoms with E-state index in [1.807, 2.05) is 0 Å². The van der Waals surface area contributed by atoms with Crippen molar-refractivity contribution in [2.45, 2.75) is 65.6 Å². The molecule has 27 heavy (non-hydrogen) atoms. The van der Waals surface area contributed by atoms with Crippen LogP contribution in [0.2, 0.25) is 0 Å². The van der Waals surface area contributed by atoms with Crippen molar-refractivity contribution in [1.29, 1.82) is 0 Å². The minimum atomic E-state index is -0.546. The minimum absolute atomic E-state index is 0.190. The van der Waals surface area contributed by atoms with Crippen molar-refractivity contribution < 1.29 is 23.9 Å². The Balaban J connectivity index is 4.16. The van der Waals surface area contributed by atoms with E-state index in [0.717, 1.165) is 0 Å². The standard InChI is InChI=1S/C19H35N3O5/c1-8-15(23)22(13-9-11-20-16(24)26-18(2,3)4)14-10-12-21-17(25)27-19(5,6)7/h8H,1,9-14H2,2-7H3,(H,20,24)(H,21,25). The molecule has 0 aliphatic rings. The van der Waals surface area contributed by atoms with Crippen molar-refractivity contribution in [3.05, 3.63) is 12.7 Å². The zero-order valence-corrected chi connectivity index (χ0v) is 17.5. The molecule has 3 amide bonds. The average Bonchev–Trinajstić information content (AvgIpc) is 2.49. The summed E-state index contributed by atoms with van der Waals surface area (Å²) in [4.78, 5) is 36.7. The first-order valence-electron chi connectivity index (χ1n) is 9.19. The number of alkyl carbamates (subject to hydrolysis) is 2. The molecule has 0 unspecified atom stereocenters. The Labute approximate surface area is 162 Å². The van der Waals surface area contributed by atoms with Crippen LogP contribution in [0.5, 0.6) is 0 Å². The maximum Gasteiger partial charge on any atom is 0.407 e. The van der Waals surface area contributed by atoms with Crippen molar-refractivity contribution in [3.8, 4) is 0 Å². The predicted molar refractivity (Wildman–Crippen MR) is 104 cm³/mol. The third kappa shape index (κ3) is 14.6. The van der Waals surface area contributed by atoms with Gasteiger partial charge in [0.05, 0.1) is 0 Å². The topological polar surface area (TPSA) is 97.0 Å². The number of carbonyl (C=O) groups excluding carboxylic acids is 3. The smallest absolute Gasteiger partial charge is 0.407 e. The molecular weight excluding hydrogens is 350 g/mol. The van der Waals surface area contributed by atoms with E-state index < -0.39 is 23.4 Å². The van der Waals surface area contributed by atoms with Gasteiger partial charge in [-0.25, -0.2) is 9.59 Å². The molecule has 0 heterocycles. The van der Waals surface area contributed by atoms with E-state index in [1.165, 1.54) is 6.08 Å². The number of hydrogen-bond donors (Lipinski definition) is 2. The van der Waals surface area contributed by atoms with E-state index in [2.05, 4.69) is 17.2 Å². The van der Waals surface area contributed by atoms with Crippen molar-refractivity contribution in [2.24, 2.45) is 0 Å². The van der Waals surface area contributed by atoms with E-state index in [4.69, 9.17) is 9.47 Å². The Morgan fingerprint density at radius 2 is 1.22 bits per heavy atom. The highest BCUT2D eigenvalue weighted by molar-refractivity contribution is 5.86. The highest BCUT2D eigenvalue weighted by atomic mass is 16.6. The first kappa shape index (κ1) is 24.8. The van der Waals surface area contributed by atoms with Crippen molar-refractivity contribution in [1.82, 2.24) is 15.5 Å². The van der Waals surface area contributed by atoms with Crippen LogP contribution in [0, 0.1) is 0 Å². The summed E-state index contributed by atoms with van der Waals surface area (Å²) in [6, 6.07) is 0. The summed E-state index contributed by atoms with van der Waals surface area (Å²) in [6.45, 7) is 16.0. The first-order chi connectivity index (χ1) is 12.3. The molecule has 0 aliphatic heterocycles. The molecule has 0 saturated carbocycles. The van der Waals surface area contributed by atoms with Crippen LogP contribution in [-0.2, 0) is 14.3 Å². The Morgan fingerprint density at radius 1 is 0.852 bits per heavy atom. The Bertz CT molecular complexity index is 470. The van der Waals surface area contributed by atoms with Crippen LogP contribution in [-0.4, -0.2) is 60.4 Å². The number of rotatable bonds is 9. The third-order valence-corrected chi connectivity index (χ3v) is 3.03. The fourth-order valence-electron chi connectivity index (χ4n) is 2.01. The van der Waals surface area contributed by atoms with E-state index in [-0.39, 0.29) is 5.91 Å². The molecule has 0 bridgehead atoms. The number of nitrogens with one attached hydrogen (secondary N) is 2. The van der Waals surface area contributed by atoms with E-state index in [9.17, 15) is 14.4 Å². The lowest BCUT2D eigenvalue weighted by molar-refractivity contribution is -0.126. The van der Waals surface area contributed by atoms with Crippen LogP contribution in [0.3, 0.4) is 0 Å². The summed E-state index contributed by atoms with van der Waals surface area (Å²) in [5.74, 6) is -0.190. The van der Waals surface area contributed by atoms with Gasteiger partial charge in [0.25, 0.3) is 0 Å². The Hall–Kier alpha value is -2.25. The maximum atomic E-state index is 11.9. The average molecular weight is 386 g/mol. The molecule has 0 radical (unpaired) electrons. The molecule has 0 aromatic rings. The molecule has 0 aromatic carbocycles. The zero-order valence-electron chi connectivity index (χ0n) is 17.5. The summed E-state index contributed by atoms with van der Waals surface area (Å²) in [7, 11) is 0. The molecule has 0 saturated heterocycles. The van der Waals surface area contributed by atoms with E-state index >= 15 is 0 Å². The molecule has 0 fully saturated rings. The van der Waals surface area contributed by atoms with Gasteiger partial charge in [-0.1, -0.05) is 6.58 Å². The van der Waals surface area contributed by atoms with Crippen molar-refractivity contribution in [2.75, 3.05) is 26.2 Å². The maximum absolute atomic E-state index is 11.9. The van der Waals surface area contributed by atoms with Crippen LogP contribution >= 0.6 is 0 Å². The highest BCUT2D eigenvalue weighted by Crippen LogP contribution is 2.07. The zero-order chi connectivity index (χ0) is 21.1. The molecule has 0 aromatic heterocycles. The Morgan fingerprint density at radius 3 is 1.52 bits per heavy atom. The van der Waals surface area contributed by atoms with Gasteiger partial charge in [-0.15, -0.1) is 0 Å². The predicted octanol–water partition coefficient (Wildman–Crippen LogP) is 2.83. The fraction of sp³-hybridized carbons (Fsp3) is 0.737. The molecular formula is C19H35N3O5. The largest absolute Gasteiger partial charge is 0.444 e. The van der Waals surface area contributed by atoms with Gasteiger partial charge in [0.15, 0.2) is 0 Å². The van der Waals surface area contributed by atoms with Crippen LogP contribution in [0.15, 0.2) is 12.7 Å². The molecule has 156 valence electrons. The van der Waals surface area contributed by atoms with E-state index in [0.29, 0.717) is 39.0 Å². The van der Waals surface area contributed by atoms with Crippen LogP contribution < -0.4 is 10.6 Å². The molecule has 0 atom stereocenters. The second-order valence-electron chi connectivity index (χ2n) is 8.09. The molecule has 2 N–H and O–H groups in total. The SMILES string of the molecule is C=CC(=O)N(CCCNC(=O)OC(C)(C)C)CCCNC(=O)OC(C)(C)C. The van der Waals surface area contributed by atoms with Crippen LogP contribution in [0.1, 0.15) is 54.4 Å². The second kappa shape index (κ2) is 11.5. The van der Waals surface area contributed by atoms with E-state index in [1.54, 1.807) is 46.4 Å². The summed E-state index contributed by atoms with van der Waals surface area (Å²) >= 11 is 0. The quantitative estimate of drug-likeness (QED) is 0.470. The van der Waals surface area contributed by atoms with Gasteiger partial charge in [0.2, 0.25) is 5.91 Å². The monoisotopic (exact) mass is 385 g/mol. The van der Waals surface area contributed by atoms with Gasteiger partial charge in [0, 0.05) is 26.2 Å². The number of amides is 3. The summed E-state index contributed by atoms with van der Waals surface area (Å²) in [5.41, 5.74) is -1.09. The normalized spacial score (nSPS) is 11.3. The molecule has 0 spiro atoms.